The maximum Gasteiger partial charge on any atom is 0.335 e. The van der Waals surface area contributed by atoms with E-state index in [1.807, 2.05) is 0 Å². The Morgan fingerprint density at radius 3 is 2.53 bits per heavy atom. The number of ether oxygens (including phenoxy) is 2. The van der Waals surface area contributed by atoms with Crippen LogP contribution in [0.3, 0.4) is 0 Å². The highest BCUT2D eigenvalue weighted by molar-refractivity contribution is 5.72. The Morgan fingerprint density at radius 2 is 2.07 bits per heavy atom. The number of carbonyl (C=O) groups is 1. The maximum atomic E-state index is 10.4. The van der Waals surface area contributed by atoms with E-state index in [-0.39, 0.29) is 6.61 Å². The first kappa shape index (κ1) is 12.3. The second kappa shape index (κ2) is 4.86. The van der Waals surface area contributed by atoms with Gasteiger partial charge in [0.15, 0.2) is 12.4 Å². The number of rotatable bonds is 4. The molecule has 0 spiro atoms. The molecule has 0 unspecified atom stereocenters. The zero-order chi connectivity index (χ0) is 11.6. The Labute approximate surface area is 85.9 Å². The molecule has 7 heteroatoms. The minimum Gasteiger partial charge on any atom is -0.479 e. The van der Waals surface area contributed by atoms with Crippen LogP contribution in [0.15, 0.2) is 0 Å². The van der Waals surface area contributed by atoms with E-state index < -0.39 is 36.7 Å². The normalized spacial score (nSPS) is 37.9. The first-order valence-electron chi connectivity index (χ1n) is 4.53. The first-order valence-corrected chi connectivity index (χ1v) is 4.53. The van der Waals surface area contributed by atoms with Crippen LogP contribution in [0.5, 0.6) is 0 Å². The fourth-order valence-electron chi connectivity index (χ4n) is 1.38. The van der Waals surface area contributed by atoms with Crippen LogP contribution in [-0.2, 0) is 14.3 Å². The first-order chi connectivity index (χ1) is 6.99. The van der Waals surface area contributed by atoms with Gasteiger partial charge in [0.05, 0.1) is 0 Å². The summed E-state index contributed by atoms with van der Waals surface area (Å²) in [5.41, 5.74) is 0. The number of hydrogen-bond acceptors (Lipinski definition) is 6. The average Bonchev–Trinajstić information content (AvgIpc) is 2.45. The fraction of sp³-hybridized carbons (Fsp3) is 0.875. The summed E-state index contributed by atoms with van der Waals surface area (Å²) in [5.74, 6) is -1.52. The van der Waals surface area contributed by atoms with E-state index in [2.05, 4.69) is 0 Å². The third-order valence-corrected chi connectivity index (χ3v) is 2.15. The van der Waals surface area contributed by atoms with E-state index in [1.54, 1.807) is 6.92 Å². The highest BCUT2D eigenvalue weighted by Crippen LogP contribution is 2.24. The Kier molecular flexibility index (Phi) is 4.00. The number of aliphatic hydroxyl groups excluding tert-OH is 3. The summed E-state index contributed by atoms with van der Waals surface area (Å²) < 4.78 is 9.81. The van der Waals surface area contributed by atoms with Gasteiger partial charge in [-0.05, 0) is 6.92 Å². The van der Waals surface area contributed by atoms with Crippen LogP contribution in [-0.4, -0.2) is 63.7 Å². The van der Waals surface area contributed by atoms with Gasteiger partial charge >= 0.3 is 5.97 Å². The molecule has 0 radical (unpaired) electrons. The standard InChI is InChI=1S/C8H14O7/c1-2-14-8-4(10)3(9)6(15-8)5(11)7(12)13/h3-6,8-11H,2H2,1H3,(H,12,13)/t3-,4-,5+,6-,8-/m1/s1. The second-order valence-corrected chi connectivity index (χ2v) is 3.19. The highest BCUT2D eigenvalue weighted by Gasteiger charge is 2.48. The van der Waals surface area contributed by atoms with E-state index in [1.165, 1.54) is 0 Å². The molecular weight excluding hydrogens is 208 g/mol. The lowest BCUT2D eigenvalue weighted by atomic mass is 10.1. The quantitative estimate of drug-likeness (QED) is 0.431. The minimum absolute atomic E-state index is 0.240. The molecule has 1 fully saturated rings. The predicted octanol–water partition coefficient (Wildman–Crippen LogP) is -2.08. The molecule has 5 atom stereocenters. The third kappa shape index (κ3) is 2.44. The van der Waals surface area contributed by atoms with Crippen LogP contribution in [0.4, 0.5) is 0 Å². The molecule has 1 aliphatic rings. The number of hydrogen-bond donors (Lipinski definition) is 4. The van der Waals surface area contributed by atoms with Gasteiger partial charge in [0, 0.05) is 6.61 Å². The monoisotopic (exact) mass is 222 g/mol. The van der Waals surface area contributed by atoms with Gasteiger partial charge in [0.25, 0.3) is 0 Å². The molecule has 0 bridgehead atoms. The molecule has 0 aromatic carbocycles. The van der Waals surface area contributed by atoms with Crippen molar-refractivity contribution in [1.82, 2.24) is 0 Å². The third-order valence-electron chi connectivity index (χ3n) is 2.15. The Bertz CT molecular complexity index is 231. The predicted molar refractivity (Wildman–Crippen MR) is 45.9 cm³/mol. The van der Waals surface area contributed by atoms with Crippen molar-refractivity contribution in [2.75, 3.05) is 6.61 Å². The van der Waals surface area contributed by atoms with Gasteiger partial charge in [-0.3, -0.25) is 0 Å². The molecule has 7 nitrogen and oxygen atoms in total. The Hall–Kier alpha value is -0.730. The molecule has 1 saturated heterocycles. The van der Waals surface area contributed by atoms with Crippen molar-refractivity contribution in [3.63, 3.8) is 0 Å². The van der Waals surface area contributed by atoms with E-state index >= 15 is 0 Å². The van der Waals surface area contributed by atoms with Gasteiger partial charge in [-0.25, -0.2) is 4.79 Å². The van der Waals surface area contributed by atoms with E-state index in [9.17, 15) is 15.0 Å². The highest BCUT2D eigenvalue weighted by atomic mass is 16.7. The van der Waals surface area contributed by atoms with Crippen LogP contribution in [0.2, 0.25) is 0 Å². The molecule has 0 aromatic rings. The summed E-state index contributed by atoms with van der Waals surface area (Å²) in [6.45, 7) is 1.90. The lowest BCUT2D eigenvalue weighted by Gasteiger charge is -2.16. The van der Waals surface area contributed by atoms with E-state index in [0.29, 0.717) is 0 Å². The van der Waals surface area contributed by atoms with Crippen LogP contribution in [0.25, 0.3) is 0 Å². The van der Waals surface area contributed by atoms with E-state index in [0.717, 1.165) is 0 Å². The van der Waals surface area contributed by atoms with Crippen molar-refractivity contribution in [2.24, 2.45) is 0 Å². The van der Waals surface area contributed by atoms with Crippen molar-refractivity contribution < 1.29 is 34.7 Å². The fourth-order valence-corrected chi connectivity index (χ4v) is 1.38. The number of aliphatic carboxylic acids is 1. The SMILES string of the molecule is CCO[C@@H]1O[C@@H]([C@H](O)C(=O)O)[C@H](O)[C@H]1O. The van der Waals surface area contributed by atoms with Crippen molar-refractivity contribution in [2.45, 2.75) is 37.6 Å². The van der Waals surface area contributed by atoms with Gasteiger partial charge in [-0.15, -0.1) is 0 Å². The largest absolute Gasteiger partial charge is 0.479 e. The Balaban J connectivity index is 2.66. The van der Waals surface area contributed by atoms with Gasteiger partial charge in [0.1, 0.15) is 18.3 Å². The lowest BCUT2D eigenvalue weighted by molar-refractivity contribution is -0.184. The van der Waals surface area contributed by atoms with Crippen LogP contribution >= 0.6 is 0 Å². The second-order valence-electron chi connectivity index (χ2n) is 3.19. The summed E-state index contributed by atoms with van der Waals surface area (Å²) in [7, 11) is 0. The summed E-state index contributed by atoms with van der Waals surface area (Å²) in [6.07, 6.45) is -7.21. The zero-order valence-electron chi connectivity index (χ0n) is 8.11. The zero-order valence-corrected chi connectivity index (χ0v) is 8.11. The molecule has 15 heavy (non-hydrogen) atoms. The minimum atomic E-state index is -1.89. The smallest absolute Gasteiger partial charge is 0.335 e. The van der Waals surface area contributed by atoms with Gasteiger partial charge < -0.3 is 29.9 Å². The molecule has 4 N–H and O–H groups in total. The molecular formula is C8H14O7. The summed E-state index contributed by atoms with van der Waals surface area (Å²) in [5, 5.41) is 36.4. The van der Waals surface area contributed by atoms with Crippen molar-refractivity contribution in [1.29, 1.82) is 0 Å². The molecule has 0 amide bonds. The molecule has 0 aliphatic carbocycles. The molecule has 1 rings (SSSR count). The summed E-state index contributed by atoms with van der Waals surface area (Å²) in [6, 6.07) is 0. The number of carboxylic acids is 1. The van der Waals surface area contributed by atoms with Crippen molar-refractivity contribution in [3.05, 3.63) is 0 Å². The van der Waals surface area contributed by atoms with Gasteiger partial charge in [-0.1, -0.05) is 0 Å². The molecule has 0 saturated carbocycles. The summed E-state index contributed by atoms with van der Waals surface area (Å²) in [4.78, 5) is 10.4. The van der Waals surface area contributed by atoms with Crippen molar-refractivity contribution in [3.8, 4) is 0 Å². The van der Waals surface area contributed by atoms with E-state index in [4.69, 9.17) is 19.7 Å². The van der Waals surface area contributed by atoms with Gasteiger partial charge in [-0.2, -0.15) is 0 Å². The summed E-state index contributed by atoms with van der Waals surface area (Å²) >= 11 is 0. The number of aliphatic hydroxyl groups is 3. The maximum absolute atomic E-state index is 10.4. The molecule has 88 valence electrons. The van der Waals surface area contributed by atoms with Crippen LogP contribution < -0.4 is 0 Å². The topological polar surface area (TPSA) is 116 Å². The number of carboxylic acid groups (broad SMARTS) is 1. The van der Waals surface area contributed by atoms with Gasteiger partial charge in [0.2, 0.25) is 0 Å². The lowest BCUT2D eigenvalue weighted by Crippen LogP contribution is -2.42. The molecule has 0 aromatic heterocycles. The van der Waals surface area contributed by atoms with Crippen LogP contribution in [0, 0.1) is 0 Å². The average molecular weight is 222 g/mol. The molecule has 1 aliphatic heterocycles. The Morgan fingerprint density at radius 1 is 1.47 bits per heavy atom. The van der Waals surface area contributed by atoms with Crippen molar-refractivity contribution >= 4 is 5.97 Å². The van der Waals surface area contributed by atoms with Crippen LogP contribution in [0.1, 0.15) is 6.92 Å². The molecule has 1 heterocycles.